The molecule has 3 heterocycles. The summed E-state index contributed by atoms with van der Waals surface area (Å²) in [6.45, 7) is 4.01. The summed E-state index contributed by atoms with van der Waals surface area (Å²) >= 11 is 0. The highest BCUT2D eigenvalue weighted by Gasteiger charge is 2.24. The average molecular weight is 416 g/mol. The van der Waals surface area contributed by atoms with Crippen LogP contribution in [0.1, 0.15) is 35.5 Å². The Kier molecular flexibility index (Phi) is 5.11. The van der Waals surface area contributed by atoms with Crippen LogP contribution in [0.15, 0.2) is 35.5 Å². The third-order valence-electron chi connectivity index (χ3n) is 5.41. The van der Waals surface area contributed by atoms with Gasteiger partial charge in [0.15, 0.2) is 11.6 Å². The van der Waals surface area contributed by atoms with Gasteiger partial charge in [-0.15, -0.1) is 0 Å². The van der Waals surface area contributed by atoms with Crippen LogP contribution in [0.2, 0.25) is 0 Å². The molecule has 4 rings (SSSR count). The van der Waals surface area contributed by atoms with E-state index in [1.807, 2.05) is 51.0 Å². The molecule has 2 aromatic heterocycles. The molecule has 0 fully saturated rings. The van der Waals surface area contributed by atoms with Gasteiger partial charge in [-0.3, -0.25) is 4.68 Å². The fraction of sp³-hybridized carbons (Fsp3) is 0.304. The van der Waals surface area contributed by atoms with Crippen molar-refractivity contribution in [1.82, 2.24) is 19.7 Å². The average Bonchev–Trinajstić information content (AvgIpc) is 3.04. The monoisotopic (exact) mass is 415 g/mol. The van der Waals surface area contributed by atoms with Gasteiger partial charge in [0, 0.05) is 44.0 Å². The van der Waals surface area contributed by atoms with Crippen molar-refractivity contribution in [2.75, 3.05) is 19.8 Å². The summed E-state index contributed by atoms with van der Waals surface area (Å²) in [4.78, 5) is 11.3. The zero-order valence-corrected chi connectivity index (χ0v) is 18.3. The highest BCUT2D eigenvalue weighted by Crippen LogP contribution is 2.37. The van der Waals surface area contributed by atoms with Crippen LogP contribution in [0.3, 0.4) is 0 Å². The second kappa shape index (κ2) is 7.76. The molecule has 0 aliphatic carbocycles. The zero-order valence-electron chi connectivity index (χ0n) is 18.3. The van der Waals surface area contributed by atoms with Crippen LogP contribution in [0.5, 0.6) is 5.75 Å². The number of nitrogens with zero attached hydrogens (tertiary/aromatic N) is 6. The minimum atomic E-state index is -0.301. The number of hydrogen-bond acceptors (Lipinski definition) is 7. The van der Waals surface area contributed by atoms with Crippen LogP contribution >= 0.6 is 0 Å². The number of aryl methyl sites for hydroxylation is 2. The van der Waals surface area contributed by atoms with Crippen molar-refractivity contribution < 1.29 is 4.74 Å². The van der Waals surface area contributed by atoms with Crippen LogP contribution < -0.4 is 10.5 Å². The molecule has 8 heteroatoms. The normalized spacial score (nSPS) is 17.0. The van der Waals surface area contributed by atoms with E-state index >= 15 is 0 Å². The summed E-state index contributed by atoms with van der Waals surface area (Å²) in [5.41, 5.74) is 11.7. The highest BCUT2D eigenvalue weighted by molar-refractivity contribution is 5.89. The number of nitriles is 1. The number of likely N-dealkylation sites (N-methyl/N-ethyl adjacent to an activating group) is 1. The van der Waals surface area contributed by atoms with Crippen LogP contribution in [-0.4, -0.2) is 39.6 Å². The minimum Gasteiger partial charge on any atom is -0.482 e. The molecule has 0 radical (unpaired) electrons. The number of aromatic nitrogens is 3. The first-order chi connectivity index (χ1) is 14.8. The SMILES string of the molecule is Cc1ccc2c(c1)[C@@H](C)Oc1cc(cnc1N)-c1c(nn(C)c1C#N)C/C(N(C)C)=N\2. The smallest absolute Gasteiger partial charge is 0.166 e. The number of anilines is 1. The second-order valence-corrected chi connectivity index (χ2v) is 7.93. The summed E-state index contributed by atoms with van der Waals surface area (Å²) in [6, 6.07) is 10.2. The number of amidine groups is 1. The van der Waals surface area contributed by atoms with E-state index in [0.29, 0.717) is 29.2 Å². The molecule has 0 amide bonds. The lowest BCUT2D eigenvalue weighted by atomic mass is 10.0. The minimum absolute atomic E-state index is 0.295. The molecule has 2 N–H and O–H groups in total. The van der Waals surface area contributed by atoms with Crippen molar-refractivity contribution >= 4 is 17.3 Å². The molecule has 0 spiro atoms. The van der Waals surface area contributed by atoms with E-state index < -0.39 is 0 Å². The Bertz CT molecular complexity index is 1230. The maximum absolute atomic E-state index is 9.78. The number of rotatable bonds is 0. The van der Waals surface area contributed by atoms with Gasteiger partial charge in [0.1, 0.15) is 23.7 Å². The number of benzene rings is 1. The largest absolute Gasteiger partial charge is 0.482 e. The molecule has 1 aromatic carbocycles. The molecule has 0 saturated carbocycles. The Labute approximate surface area is 181 Å². The predicted octanol–water partition coefficient (Wildman–Crippen LogP) is 3.53. The quantitative estimate of drug-likeness (QED) is 0.602. The number of ether oxygens (including phenoxy) is 1. The Morgan fingerprint density at radius 2 is 2.06 bits per heavy atom. The van der Waals surface area contributed by atoms with E-state index in [4.69, 9.17) is 15.5 Å². The Hall–Kier alpha value is -3.86. The van der Waals surface area contributed by atoms with Crippen molar-refractivity contribution in [3.8, 4) is 22.9 Å². The molecule has 8 nitrogen and oxygen atoms in total. The van der Waals surface area contributed by atoms with Crippen LogP contribution in [0.4, 0.5) is 11.5 Å². The molecular formula is C23H25N7O. The number of fused-ring (bicyclic) bond motifs is 5. The van der Waals surface area contributed by atoms with Gasteiger partial charge in [0.25, 0.3) is 0 Å². The first-order valence-electron chi connectivity index (χ1n) is 10.0. The van der Waals surface area contributed by atoms with Crippen LogP contribution in [-0.2, 0) is 13.5 Å². The summed E-state index contributed by atoms with van der Waals surface area (Å²) in [6.07, 6.45) is 1.81. The van der Waals surface area contributed by atoms with E-state index in [-0.39, 0.29) is 6.10 Å². The van der Waals surface area contributed by atoms with Crippen molar-refractivity contribution in [2.45, 2.75) is 26.4 Å². The number of nitrogens with two attached hydrogens (primary N) is 1. The summed E-state index contributed by atoms with van der Waals surface area (Å²) in [5, 5.41) is 14.4. The predicted molar refractivity (Wildman–Crippen MR) is 120 cm³/mol. The maximum atomic E-state index is 9.78. The van der Waals surface area contributed by atoms with Gasteiger partial charge >= 0.3 is 0 Å². The number of hydrogen-bond donors (Lipinski definition) is 1. The Balaban J connectivity index is 2.03. The Morgan fingerprint density at radius 3 is 2.77 bits per heavy atom. The summed E-state index contributed by atoms with van der Waals surface area (Å²) in [5.74, 6) is 1.59. The van der Waals surface area contributed by atoms with Gasteiger partial charge in [-0.2, -0.15) is 10.4 Å². The lowest BCUT2D eigenvalue weighted by molar-refractivity contribution is 0.228. The third-order valence-corrected chi connectivity index (χ3v) is 5.41. The first-order valence-corrected chi connectivity index (χ1v) is 10.0. The van der Waals surface area contributed by atoms with Gasteiger partial charge in [0.05, 0.1) is 17.8 Å². The maximum Gasteiger partial charge on any atom is 0.166 e. The Morgan fingerprint density at radius 1 is 1.29 bits per heavy atom. The number of nitrogen functional groups attached to an aromatic ring is 1. The second-order valence-electron chi connectivity index (χ2n) is 7.93. The fourth-order valence-corrected chi connectivity index (χ4v) is 3.76. The number of aliphatic imine (C=N–C) groups is 1. The molecule has 158 valence electrons. The lowest BCUT2D eigenvalue weighted by Gasteiger charge is -2.22. The number of pyridine rings is 1. The van der Waals surface area contributed by atoms with Crippen molar-refractivity contribution in [2.24, 2.45) is 12.0 Å². The van der Waals surface area contributed by atoms with Gasteiger partial charge < -0.3 is 15.4 Å². The zero-order chi connectivity index (χ0) is 22.3. The third kappa shape index (κ3) is 3.70. The fourth-order valence-electron chi connectivity index (χ4n) is 3.76. The molecule has 1 aliphatic heterocycles. The van der Waals surface area contributed by atoms with E-state index in [1.54, 1.807) is 17.9 Å². The molecule has 1 aliphatic rings. The topological polar surface area (TPSA) is 105 Å². The molecule has 0 saturated heterocycles. The van der Waals surface area contributed by atoms with Gasteiger partial charge in [-0.05, 0) is 26.0 Å². The molecule has 2 bridgehead atoms. The molecule has 1 atom stereocenters. The lowest BCUT2D eigenvalue weighted by Crippen LogP contribution is -2.24. The molecule has 3 aromatic rings. The molecule has 31 heavy (non-hydrogen) atoms. The van der Waals surface area contributed by atoms with Crippen LogP contribution in [0, 0.1) is 18.3 Å². The van der Waals surface area contributed by atoms with Gasteiger partial charge in [-0.1, -0.05) is 17.7 Å². The summed E-state index contributed by atoms with van der Waals surface area (Å²) in [7, 11) is 5.67. The van der Waals surface area contributed by atoms with E-state index in [1.165, 1.54) is 0 Å². The van der Waals surface area contributed by atoms with Gasteiger partial charge in [0.2, 0.25) is 0 Å². The van der Waals surface area contributed by atoms with Gasteiger partial charge in [-0.25, -0.2) is 9.98 Å². The summed E-state index contributed by atoms with van der Waals surface area (Å²) < 4.78 is 7.84. The van der Waals surface area contributed by atoms with Crippen molar-refractivity contribution in [3.63, 3.8) is 0 Å². The molecular weight excluding hydrogens is 390 g/mol. The van der Waals surface area contributed by atoms with E-state index in [0.717, 1.165) is 33.9 Å². The first kappa shape index (κ1) is 20.4. The molecule has 0 unspecified atom stereocenters. The van der Waals surface area contributed by atoms with Crippen molar-refractivity contribution in [3.05, 3.63) is 53.0 Å². The van der Waals surface area contributed by atoms with E-state index in [2.05, 4.69) is 22.2 Å². The highest BCUT2D eigenvalue weighted by atomic mass is 16.5. The standard InChI is InChI=1S/C23H25N7O/c1-13-6-7-17-16(8-13)14(2)31-20-9-15(12-26-23(20)25)22-18(10-21(27-17)29(3)4)28-30(5)19(22)11-24/h6-9,12,14H,10H2,1-5H3,(H2,25,26)/b27-21+/t14-/m1/s1. The van der Waals surface area contributed by atoms with Crippen molar-refractivity contribution in [1.29, 1.82) is 5.26 Å². The van der Waals surface area contributed by atoms with E-state index in [9.17, 15) is 5.26 Å². The van der Waals surface area contributed by atoms with Crippen LogP contribution in [0.25, 0.3) is 11.1 Å².